The number of carbonyl (C=O) groups is 1. The number of Topliss-reactive ketones (excluding diaryl/α,β-unsaturated/α-hetero) is 1. The number of morpholine rings is 1. The average molecular weight is 340 g/mol. The van der Waals surface area contributed by atoms with Crippen LogP contribution in [0.3, 0.4) is 0 Å². The standard InChI is InChI=1S/C17H20N6O2/c1-12(24)10-22-11-14(9-19-22)15-13(2)20-17-16(18-3-4-23(15)17)21-5-7-25-8-6-21/h3-4,9,11H,5-8,10H2,1-2H3. The van der Waals surface area contributed by atoms with Gasteiger partial charge < -0.3 is 9.64 Å². The van der Waals surface area contributed by atoms with E-state index in [2.05, 4.69) is 15.0 Å². The molecule has 130 valence electrons. The summed E-state index contributed by atoms with van der Waals surface area (Å²) >= 11 is 0. The Morgan fingerprint density at radius 2 is 2.12 bits per heavy atom. The predicted molar refractivity (Wildman–Crippen MR) is 92.7 cm³/mol. The lowest BCUT2D eigenvalue weighted by Crippen LogP contribution is -2.37. The summed E-state index contributed by atoms with van der Waals surface area (Å²) in [6.45, 7) is 6.83. The molecule has 1 aliphatic heterocycles. The number of hydrogen-bond acceptors (Lipinski definition) is 6. The first-order valence-corrected chi connectivity index (χ1v) is 8.32. The molecular formula is C17H20N6O2. The summed E-state index contributed by atoms with van der Waals surface area (Å²) in [5.74, 6) is 0.944. The first kappa shape index (κ1) is 15.8. The van der Waals surface area contributed by atoms with Crippen LogP contribution in [0.15, 0.2) is 24.8 Å². The minimum absolute atomic E-state index is 0.0725. The Morgan fingerprint density at radius 1 is 1.32 bits per heavy atom. The average Bonchev–Trinajstić information content (AvgIpc) is 3.17. The summed E-state index contributed by atoms with van der Waals surface area (Å²) in [7, 11) is 0. The summed E-state index contributed by atoms with van der Waals surface area (Å²) < 4.78 is 9.13. The summed E-state index contributed by atoms with van der Waals surface area (Å²) in [4.78, 5) is 22.8. The number of aryl methyl sites for hydroxylation is 1. The molecule has 0 N–H and O–H groups in total. The Balaban J connectivity index is 1.78. The molecule has 1 saturated heterocycles. The van der Waals surface area contributed by atoms with Crippen molar-refractivity contribution in [2.75, 3.05) is 31.2 Å². The van der Waals surface area contributed by atoms with E-state index in [-0.39, 0.29) is 12.3 Å². The fourth-order valence-electron chi connectivity index (χ4n) is 3.22. The fraction of sp³-hybridized carbons (Fsp3) is 0.412. The Labute approximate surface area is 145 Å². The van der Waals surface area contributed by atoms with Gasteiger partial charge in [0.1, 0.15) is 0 Å². The minimum Gasteiger partial charge on any atom is -0.378 e. The van der Waals surface area contributed by atoms with Gasteiger partial charge in [-0.05, 0) is 13.8 Å². The van der Waals surface area contributed by atoms with Crippen molar-refractivity contribution in [2.45, 2.75) is 20.4 Å². The quantitative estimate of drug-likeness (QED) is 0.713. The van der Waals surface area contributed by atoms with Gasteiger partial charge in [0.15, 0.2) is 17.2 Å². The van der Waals surface area contributed by atoms with Crippen molar-refractivity contribution in [2.24, 2.45) is 0 Å². The molecule has 0 spiro atoms. The highest BCUT2D eigenvalue weighted by Gasteiger charge is 2.20. The molecule has 0 atom stereocenters. The van der Waals surface area contributed by atoms with Gasteiger partial charge in [-0.3, -0.25) is 13.9 Å². The third kappa shape index (κ3) is 2.89. The van der Waals surface area contributed by atoms with Crippen molar-refractivity contribution >= 4 is 17.2 Å². The zero-order chi connectivity index (χ0) is 17.4. The molecule has 0 radical (unpaired) electrons. The third-order valence-electron chi connectivity index (χ3n) is 4.30. The van der Waals surface area contributed by atoms with E-state index in [9.17, 15) is 4.79 Å². The van der Waals surface area contributed by atoms with Crippen LogP contribution in [0.1, 0.15) is 12.6 Å². The van der Waals surface area contributed by atoms with Crippen molar-refractivity contribution in [3.8, 4) is 11.3 Å². The van der Waals surface area contributed by atoms with Crippen LogP contribution in [-0.4, -0.2) is 56.2 Å². The van der Waals surface area contributed by atoms with Gasteiger partial charge in [0, 0.05) is 37.2 Å². The molecule has 4 rings (SSSR count). The number of fused-ring (bicyclic) bond motifs is 1. The van der Waals surface area contributed by atoms with E-state index in [0.29, 0.717) is 13.2 Å². The van der Waals surface area contributed by atoms with Crippen LogP contribution in [0.4, 0.5) is 5.82 Å². The van der Waals surface area contributed by atoms with E-state index < -0.39 is 0 Å². The molecule has 0 aliphatic carbocycles. The lowest BCUT2D eigenvalue weighted by Gasteiger charge is -2.27. The second-order valence-electron chi connectivity index (χ2n) is 6.22. The van der Waals surface area contributed by atoms with Crippen molar-refractivity contribution in [1.82, 2.24) is 24.1 Å². The molecule has 3 aromatic heterocycles. The van der Waals surface area contributed by atoms with Crippen molar-refractivity contribution in [1.29, 1.82) is 0 Å². The number of ketones is 1. The van der Waals surface area contributed by atoms with E-state index in [1.54, 1.807) is 24.0 Å². The number of rotatable bonds is 4. The van der Waals surface area contributed by atoms with Crippen LogP contribution in [0.2, 0.25) is 0 Å². The molecule has 0 aromatic carbocycles. The Hall–Kier alpha value is -2.74. The fourth-order valence-corrected chi connectivity index (χ4v) is 3.22. The number of ether oxygens (including phenoxy) is 1. The van der Waals surface area contributed by atoms with E-state index >= 15 is 0 Å². The predicted octanol–water partition coefficient (Wildman–Crippen LogP) is 1.33. The summed E-state index contributed by atoms with van der Waals surface area (Å²) in [5, 5.41) is 4.28. The van der Waals surface area contributed by atoms with Gasteiger partial charge in [-0.2, -0.15) is 5.10 Å². The molecule has 8 heteroatoms. The van der Waals surface area contributed by atoms with E-state index in [1.807, 2.05) is 23.7 Å². The van der Waals surface area contributed by atoms with E-state index in [1.165, 1.54) is 0 Å². The van der Waals surface area contributed by atoms with E-state index in [4.69, 9.17) is 9.72 Å². The SMILES string of the molecule is CC(=O)Cn1cc(-c2c(C)nc3c(N4CCOCC4)nccn23)cn1. The molecule has 4 heterocycles. The van der Waals surface area contributed by atoms with Crippen LogP contribution >= 0.6 is 0 Å². The Kier molecular flexibility index (Phi) is 3.96. The zero-order valence-electron chi connectivity index (χ0n) is 14.3. The molecule has 25 heavy (non-hydrogen) atoms. The van der Waals surface area contributed by atoms with Crippen LogP contribution in [0.25, 0.3) is 16.9 Å². The largest absolute Gasteiger partial charge is 0.378 e. The Morgan fingerprint density at radius 3 is 2.88 bits per heavy atom. The molecule has 0 amide bonds. The monoisotopic (exact) mass is 340 g/mol. The van der Waals surface area contributed by atoms with Gasteiger partial charge in [0.25, 0.3) is 0 Å². The molecule has 8 nitrogen and oxygen atoms in total. The summed E-state index contributed by atoms with van der Waals surface area (Å²) in [6, 6.07) is 0. The molecule has 3 aromatic rings. The molecule has 1 fully saturated rings. The second-order valence-corrected chi connectivity index (χ2v) is 6.22. The topological polar surface area (TPSA) is 77.5 Å². The van der Waals surface area contributed by atoms with Gasteiger partial charge in [-0.1, -0.05) is 0 Å². The number of nitrogens with zero attached hydrogens (tertiary/aromatic N) is 6. The number of anilines is 1. The molecular weight excluding hydrogens is 320 g/mol. The zero-order valence-corrected chi connectivity index (χ0v) is 14.3. The first-order chi connectivity index (χ1) is 12.1. The number of carbonyl (C=O) groups excluding carboxylic acids is 1. The summed E-state index contributed by atoms with van der Waals surface area (Å²) in [6.07, 6.45) is 7.36. The van der Waals surface area contributed by atoms with Crippen molar-refractivity contribution in [3.05, 3.63) is 30.5 Å². The van der Waals surface area contributed by atoms with Gasteiger partial charge in [-0.15, -0.1) is 0 Å². The maximum absolute atomic E-state index is 11.3. The normalized spacial score (nSPS) is 15.0. The third-order valence-corrected chi connectivity index (χ3v) is 4.30. The van der Waals surface area contributed by atoms with Gasteiger partial charge in [-0.25, -0.2) is 9.97 Å². The highest BCUT2D eigenvalue weighted by Crippen LogP contribution is 2.28. The highest BCUT2D eigenvalue weighted by molar-refractivity contribution is 5.76. The maximum Gasteiger partial charge on any atom is 0.181 e. The van der Waals surface area contributed by atoms with E-state index in [0.717, 1.165) is 41.5 Å². The molecule has 0 saturated carbocycles. The molecule has 0 unspecified atom stereocenters. The Bertz CT molecular complexity index is 923. The van der Waals surface area contributed by atoms with Gasteiger partial charge in [0.05, 0.1) is 37.3 Å². The van der Waals surface area contributed by atoms with Gasteiger partial charge >= 0.3 is 0 Å². The maximum atomic E-state index is 11.3. The van der Waals surface area contributed by atoms with Crippen LogP contribution < -0.4 is 4.90 Å². The molecule has 1 aliphatic rings. The van der Waals surface area contributed by atoms with Crippen molar-refractivity contribution in [3.63, 3.8) is 0 Å². The minimum atomic E-state index is 0.0725. The number of imidazole rings is 1. The number of aromatic nitrogens is 5. The molecule has 0 bridgehead atoms. The second kappa shape index (κ2) is 6.29. The van der Waals surface area contributed by atoms with Crippen molar-refractivity contribution < 1.29 is 9.53 Å². The van der Waals surface area contributed by atoms with Crippen LogP contribution in [0, 0.1) is 6.92 Å². The number of hydrogen-bond donors (Lipinski definition) is 0. The summed E-state index contributed by atoms with van der Waals surface area (Å²) in [5.41, 5.74) is 3.65. The lowest BCUT2D eigenvalue weighted by atomic mass is 10.2. The highest BCUT2D eigenvalue weighted by atomic mass is 16.5. The van der Waals surface area contributed by atoms with Crippen LogP contribution in [0.5, 0.6) is 0 Å². The lowest BCUT2D eigenvalue weighted by molar-refractivity contribution is -0.117. The van der Waals surface area contributed by atoms with Gasteiger partial charge in [0.2, 0.25) is 0 Å². The van der Waals surface area contributed by atoms with Crippen LogP contribution in [-0.2, 0) is 16.1 Å². The first-order valence-electron chi connectivity index (χ1n) is 8.32. The smallest absolute Gasteiger partial charge is 0.181 e.